The number of hydrogen-bond acceptors (Lipinski definition) is 4. The van der Waals surface area contributed by atoms with Crippen LogP contribution in [0.25, 0.3) is 0 Å². The van der Waals surface area contributed by atoms with E-state index >= 15 is 0 Å². The van der Waals surface area contributed by atoms with E-state index in [0.29, 0.717) is 18.7 Å². The number of nitrogens with one attached hydrogen (secondary N) is 1. The quantitative estimate of drug-likeness (QED) is 0.524. The molecule has 4 rings (SSSR count). The van der Waals surface area contributed by atoms with E-state index in [-0.39, 0.29) is 37.1 Å². The second-order valence-electron chi connectivity index (χ2n) is 8.53. The number of piperazine rings is 1. The SMILES string of the molecule is O=C(N[C@H](CC(=O)N1CCN(S(=O)(=O)Cc2ccccc2)CC1)c1ccccc1)c1ccccc1. The molecule has 2 amide bonds. The van der Waals surface area contributed by atoms with Gasteiger partial charge in [-0.15, -0.1) is 0 Å². The summed E-state index contributed by atoms with van der Waals surface area (Å²) < 4.78 is 27.1. The number of benzene rings is 3. The molecule has 8 heteroatoms. The number of hydrogen-bond donors (Lipinski definition) is 1. The van der Waals surface area contributed by atoms with Crippen molar-refractivity contribution >= 4 is 21.8 Å². The smallest absolute Gasteiger partial charge is 0.251 e. The van der Waals surface area contributed by atoms with E-state index in [9.17, 15) is 18.0 Å². The molecule has 1 atom stereocenters. The van der Waals surface area contributed by atoms with Crippen LogP contribution in [0.2, 0.25) is 0 Å². The van der Waals surface area contributed by atoms with Gasteiger partial charge in [0.1, 0.15) is 0 Å². The lowest BCUT2D eigenvalue weighted by molar-refractivity contribution is -0.132. The standard InChI is InChI=1S/C27H29N3O4S/c31-26(29-16-18-30(19-17-29)35(33,34)21-22-10-4-1-5-11-22)20-25(23-12-6-2-7-13-23)28-27(32)24-14-8-3-9-15-24/h1-15,25H,16-21H2,(H,28,32)/t25-/m1/s1. The van der Waals surface area contributed by atoms with Crippen molar-refractivity contribution in [2.45, 2.75) is 18.2 Å². The Hall–Kier alpha value is -3.49. The molecule has 7 nitrogen and oxygen atoms in total. The van der Waals surface area contributed by atoms with Crippen LogP contribution in [0.4, 0.5) is 0 Å². The molecule has 1 aliphatic rings. The number of sulfonamides is 1. The van der Waals surface area contributed by atoms with Gasteiger partial charge in [-0.1, -0.05) is 78.9 Å². The van der Waals surface area contributed by atoms with Crippen LogP contribution in [0.15, 0.2) is 91.0 Å². The van der Waals surface area contributed by atoms with Crippen molar-refractivity contribution in [3.63, 3.8) is 0 Å². The van der Waals surface area contributed by atoms with Gasteiger partial charge in [0.05, 0.1) is 18.2 Å². The van der Waals surface area contributed by atoms with Gasteiger partial charge in [-0.2, -0.15) is 4.31 Å². The van der Waals surface area contributed by atoms with Crippen molar-refractivity contribution in [2.24, 2.45) is 0 Å². The van der Waals surface area contributed by atoms with Gasteiger partial charge in [-0.25, -0.2) is 8.42 Å². The molecule has 1 heterocycles. The molecule has 0 saturated carbocycles. The highest BCUT2D eigenvalue weighted by Crippen LogP contribution is 2.20. The maximum atomic E-state index is 13.2. The van der Waals surface area contributed by atoms with Gasteiger partial charge in [0, 0.05) is 31.7 Å². The van der Waals surface area contributed by atoms with E-state index in [1.165, 1.54) is 4.31 Å². The molecule has 0 bridgehead atoms. The van der Waals surface area contributed by atoms with Crippen molar-refractivity contribution in [3.8, 4) is 0 Å². The number of carbonyl (C=O) groups excluding carboxylic acids is 2. The maximum absolute atomic E-state index is 13.2. The molecule has 1 fully saturated rings. The Labute approximate surface area is 206 Å². The third kappa shape index (κ3) is 6.55. The Bertz CT molecular complexity index is 1230. The van der Waals surface area contributed by atoms with E-state index in [4.69, 9.17) is 0 Å². The second kappa shape index (κ2) is 11.3. The minimum atomic E-state index is -3.46. The molecule has 0 radical (unpaired) electrons. The van der Waals surface area contributed by atoms with Crippen LogP contribution >= 0.6 is 0 Å². The molecular formula is C27H29N3O4S. The monoisotopic (exact) mass is 491 g/mol. The molecule has 1 aliphatic heterocycles. The van der Waals surface area contributed by atoms with Crippen LogP contribution in [0.3, 0.4) is 0 Å². The summed E-state index contributed by atoms with van der Waals surface area (Å²) >= 11 is 0. The summed E-state index contributed by atoms with van der Waals surface area (Å²) in [7, 11) is -3.46. The van der Waals surface area contributed by atoms with Gasteiger partial charge >= 0.3 is 0 Å². The van der Waals surface area contributed by atoms with E-state index < -0.39 is 16.1 Å². The number of rotatable bonds is 8. The molecule has 1 N–H and O–H groups in total. The summed E-state index contributed by atoms with van der Waals surface area (Å²) in [6.07, 6.45) is 0.0966. The van der Waals surface area contributed by atoms with Gasteiger partial charge < -0.3 is 10.2 Å². The fraction of sp³-hybridized carbons (Fsp3) is 0.259. The highest BCUT2D eigenvalue weighted by Gasteiger charge is 2.30. The number of amides is 2. The average molecular weight is 492 g/mol. The van der Waals surface area contributed by atoms with Gasteiger partial charge in [0.2, 0.25) is 15.9 Å². The Balaban J connectivity index is 1.38. The van der Waals surface area contributed by atoms with Gasteiger partial charge in [-0.05, 0) is 23.3 Å². The van der Waals surface area contributed by atoms with Crippen molar-refractivity contribution in [1.29, 1.82) is 0 Å². The molecule has 3 aromatic rings. The van der Waals surface area contributed by atoms with Crippen LogP contribution in [0.5, 0.6) is 0 Å². The summed E-state index contributed by atoms with van der Waals surface area (Å²) in [5, 5.41) is 2.99. The van der Waals surface area contributed by atoms with Crippen molar-refractivity contribution in [2.75, 3.05) is 26.2 Å². The van der Waals surface area contributed by atoms with Crippen LogP contribution < -0.4 is 5.32 Å². The predicted molar refractivity (Wildman–Crippen MR) is 135 cm³/mol. The molecule has 0 aliphatic carbocycles. The molecular weight excluding hydrogens is 462 g/mol. The summed E-state index contributed by atoms with van der Waals surface area (Å²) in [5.74, 6) is -0.417. The van der Waals surface area contributed by atoms with Gasteiger partial charge in [0.25, 0.3) is 5.91 Å². The van der Waals surface area contributed by atoms with E-state index in [2.05, 4.69) is 5.32 Å². The molecule has 182 valence electrons. The first-order valence-electron chi connectivity index (χ1n) is 11.6. The second-order valence-corrected chi connectivity index (χ2v) is 10.5. The van der Waals surface area contributed by atoms with Gasteiger partial charge in [-0.3, -0.25) is 9.59 Å². The molecule has 1 saturated heterocycles. The minimum absolute atomic E-state index is 0.0522. The number of nitrogens with zero attached hydrogens (tertiary/aromatic N) is 2. The van der Waals surface area contributed by atoms with Crippen molar-refractivity contribution in [3.05, 3.63) is 108 Å². The van der Waals surface area contributed by atoms with Crippen LogP contribution in [0, 0.1) is 0 Å². The van der Waals surface area contributed by atoms with Crippen LogP contribution in [0.1, 0.15) is 33.9 Å². The molecule has 3 aromatic carbocycles. The van der Waals surface area contributed by atoms with Gasteiger partial charge in [0.15, 0.2) is 0 Å². The minimum Gasteiger partial charge on any atom is -0.345 e. The first-order chi connectivity index (χ1) is 16.9. The number of carbonyl (C=O) groups is 2. The zero-order valence-corrected chi connectivity index (χ0v) is 20.2. The van der Waals surface area contributed by atoms with Crippen molar-refractivity contribution in [1.82, 2.24) is 14.5 Å². The van der Waals surface area contributed by atoms with Crippen molar-refractivity contribution < 1.29 is 18.0 Å². The maximum Gasteiger partial charge on any atom is 0.251 e. The van der Waals surface area contributed by atoms with Crippen LogP contribution in [-0.2, 0) is 20.6 Å². The summed E-state index contributed by atoms with van der Waals surface area (Å²) in [6, 6.07) is 26.9. The Morgan fingerprint density at radius 3 is 1.91 bits per heavy atom. The zero-order chi connectivity index (χ0) is 24.7. The fourth-order valence-electron chi connectivity index (χ4n) is 4.16. The Kier molecular flexibility index (Phi) is 7.94. The first kappa shape index (κ1) is 24.6. The largest absolute Gasteiger partial charge is 0.345 e. The average Bonchev–Trinajstić information content (AvgIpc) is 2.89. The summed E-state index contributed by atoms with van der Waals surface area (Å²) in [5.41, 5.74) is 2.11. The molecule has 0 spiro atoms. The summed E-state index contributed by atoms with van der Waals surface area (Å²) in [6.45, 7) is 1.16. The Morgan fingerprint density at radius 2 is 1.31 bits per heavy atom. The zero-order valence-electron chi connectivity index (χ0n) is 19.4. The third-order valence-corrected chi connectivity index (χ3v) is 7.95. The molecule has 35 heavy (non-hydrogen) atoms. The lowest BCUT2D eigenvalue weighted by Gasteiger charge is -2.35. The first-order valence-corrected chi connectivity index (χ1v) is 13.2. The summed E-state index contributed by atoms with van der Waals surface area (Å²) in [4.78, 5) is 27.6. The fourth-order valence-corrected chi connectivity index (χ4v) is 5.68. The highest BCUT2D eigenvalue weighted by atomic mass is 32.2. The normalized spacial score (nSPS) is 15.4. The lowest BCUT2D eigenvalue weighted by atomic mass is 10.0. The Morgan fingerprint density at radius 1 is 0.771 bits per heavy atom. The van der Waals surface area contributed by atoms with E-state index in [1.807, 2.05) is 54.6 Å². The van der Waals surface area contributed by atoms with E-state index in [1.54, 1.807) is 41.3 Å². The van der Waals surface area contributed by atoms with Crippen LogP contribution in [-0.4, -0.2) is 55.6 Å². The predicted octanol–water partition coefficient (Wildman–Crippen LogP) is 3.22. The molecule has 0 unspecified atom stereocenters. The topological polar surface area (TPSA) is 86.8 Å². The highest BCUT2D eigenvalue weighted by molar-refractivity contribution is 7.88. The third-order valence-electron chi connectivity index (χ3n) is 6.10. The lowest BCUT2D eigenvalue weighted by Crippen LogP contribution is -2.51. The molecule has 0 aromatic heterocycles. The van der Waals surface area contributed by atoms with E-state index in [0.717, 1.165) is 11.1 Å².